The van der Waals surface area contributed by atoms with Crippen molar-refractivity contribution in [1.29, 1.82) is 0 Å². The first kappa shape index (κ1) is 18.9. The number of ether oxygens (including phenoxy) is 1. The number of rotatable bonds is 5. The number of quaternary nitrogens is 1. The summed E-state index contributed by atoms with van der Waals surface area (Å²) in [5.41, 5.74) is 3.35. The highest BCUT2D eigenvalue weighted by molar-refractivity contribution is 7.16. The summed E-state index contributed by atoms with van der Waals surface area (Å²) < 4.78 is 10.8. The predicted molar refractivity (Wildman–Crippen MR) is 108 cm³/mol. The average Bonchev–Trinajstić information content (AvgIpc) is 3.35. The maximum atomic E-state index is 12.6. The molecule has 3 aromatic heterocycles. The number of anilines is 1. The van der Waals surface area contributed by atoms with Crippen molar-refractivity contribution in [1.82, 2.24) is 4.98 Å². The third-order valence-electron chi connectivity index (χ3n) is 5.22. The van der Waals surface area contributed by atoms with Crippen LogP contribution >= 0.6 is 11.3 Å². The Bertz CT molecular complexity index is 931. The minimum atomic E-state index is -0.232. The number of hydrogen-bond acceptors (Lipinski definition) is 5. The van der Waals surface area contributed by atoms with Gasteiger partial charge in [-0.3, -0.25) is 9.78 Å². The molecule has 28 heavy (non-hydrogen) atoms. The minimum Gasteiger partial charge on any atom is -0.459 e. The number of pyridine rings is 1. The number of furan rings is 1. The Hall–Kier alpha value is -2.48. The highest BCUT2D eigenvalue weighted by Gasteiger charge is 2.34. The van der Waals surface area contributed by atoms with Crippen LogP contribution in [-0.4, -0.2) is 37.2 Å². The van der Waals surface area contributed by atoms with Crippen LogP contribution in [0.25, 0.3) is 0 Å². The molecule has 2 N–H and O–H groups in total. The van der Waals surface area contributed by atoms with E-state index in [-0.39, 0.29) is 11.9 Å². The van der Waals surface area contributed by atoms with Gasteiger partial charge in [-0.05, 0) is 43.7 Å². The Balaban J connectivity index is 1.76. The standard InChI is InChI=1S/C21H23N3O3S/c1-14-15(2)28-21(23-20(25)17-7-5-11-27-17)18(14)19(16-6-3-4-8-22-16)24-9-12-26-13-10-24/h3-8,11,19H,9-10,12-13H2,1-2H3,(H,23,25)/p+1/t19-/m0/s1. The number of morpholine rings is 1. The van der Waals surface area contributed by atoms with Crippen LogP contribution in [0.2, 0.25) is 0 Å². The molecule has 0 spiro atoms. The molecule has 0 aliphatic carbocycles. The SMILES string of the molecule is Cc1sc(NC(=O)c2ccco2)c([C@H](c2ccccn2)[NH+]2CCOCC2)c1C. The molecule has 4 heterocycles. The van der Waals surface area contributed by atoms with Gasteiger partial charge in [0, 0.05) is 11.1 Å². The van der Waals surface area contributed by atoms with E-state index in [9.17, 15) is 4.79 Å². The Morgan fingerprint density at radius 3 is 2.71 bits per heavy atom. The van der Waals surface area contributed by atoms with Crippen molar-refractivity contribution in [2.24, 2.45) is 0 Å². The second kappa shape index (κ2) is 8.26. The fraction of sp³-hybridized carbons (Fsp3) is 0.333. The molecule has 1 amide bonds. The monoisotopic (exact) mass is 398 g/mol. The van der Waals surface area contributed by atoms with E-state index in [0.29, 0.717) is 5.76 Å². The van der Waals surface area contributed by atoms with Crippen molar-refractivity contribution < 1.29 is 18.8 Å². The van der Waals surface area contributed by atoms with Crippen LogP contribution in [0, 0.1) is 13.8 Å². The van der Waals surface area contributed by atoms with E-state index in [0.717, 1.165) is 42.6 Å². The first-order valence-corrected chi connectivity index (χ1v) is 10.2. The molecular formula is C21H24N3O3S+. The van der Waals surface area contributed by atoms with E-state index < -0.39 is 0 Å². The zero-order valence-electron chi connectivity index (χ0n) is 16.0. The van der Waals surface area contributed by atoms with Gasteiger partial charge in [0.25, 0.3) is 5.91 Å². The topological polar surface area (TPSA) is 68.8 Å². The zero-order chi connectivity index (χ0) is 19.5. The van der Waals surface area contributed by atoms with Crippen LogP contribution in [0.15, 0.2) is 47.2 Å². The maximum Gasteiger partial charge on any atom is 0.291 e. The van der Waals surface area contributed by atoms with Gasteiger partial charge in [0.15, 0.2) is 11.8 Å². The van der Waals surface area contributed by atoms with E-state index in [1.807, 2.05) is 18.3 Å². The highest BCUT2D eigenvalue weighted by Crippen LogP contribution is 2.38. The van der Waals surface area contributed by atoms with Crippen molar-refractivity contribution in [3.05, 3.63) is 70.3 Å². The van der Waals surface area contributed by atoms with Gasteiger partial charge in [-0.1, -0.05) is 6.07 Å². The van der Waals surface area contributed by atoms with E-state index >= 15 is 0 Å². The molecule has 1 fully saturated rings. The summed E-state index contributed by atoms with van der Waals surface area (Å²) in [7, 11) is 0. The Labute approximate surface area is 168 Å². The number of aromatic nitrogens is 1. The summed E-state index contributed by atoms with van der Waals surface area (Å²) >= 11 is 1.61. The Morgan fingerprint density at radius 2 is 2.04 bits per heavy atom. The molecule has 7 heteroatoms. The molecule has 0 aromatic carbocycles. The van der Waals surface area contributed by atoms with Crippen molar-refractivity contribution in [3.8, 4) is 0 Å². The lowest BCUT2D eigenvalue weighted by molar-refractivity contribution is -0.933. The van der Waals surface area contributed by atoms with E-state index in [1.54, 1.807) is 23.5 Å². The lowest BCUT2D eigenvalue weighted by Crippen LogP contribution is -3.14. The van der Waals surface area contributed by atoms with Crippen LogP contribution in [0.3, 0.4) is 0 Å². The zero-order valence-corrected chi connectivity index (χ0v) is 16.8. The van der Waals surface area contributed by atoms with Gasteiger partial charge in [0.05, 0.1) is 25.0 Å². The molecule has 1 atom stereocenters. The van der Waals surface area contributed by atoms with Gasteiger partial charge >= 0.3 is 0 Å². The summed E-state index contributed by atoms with van der Waals surface area (Å²) in [5, 5.41) is 3.94. The van der Waals surface area contributed by atoms with Gasteiger partial charge in [0.1, 0.15) is 23.8 Å². The van der Waals surface area contributed by atoms with Crippen molar-refractivity contribution in [2.75, 3.05) is 31.6 Å². The number of hydrogen-bond donors (Lipinski definition) is 2. The number of thiophene rings is 1. The molecule has 0 saturated carbocycles. The molecule has 1 aliphatic heterocycles. The minimum absolute atomic E-state index is 0.0435. The van der Waals surface area contributed by atoms with Crippen molar-refractivity contribution in [2.45, 2.75) is 19.9 Å². The molecule has 6 nitrogen and oxygen atoms in total. The van der Waals surface area contributed by atoms with Gasteiger partial charge in [0.2, 0.25) is 0 Å². The van der Waals surface area contributed by atoms with Gasteiger partial charge in [-0.25, -0.2) is 0 Å². The largest absolute Gasteiger partial charge is 0.459 e. The first-order valence-electron chi connectivity index (χ1n) is 9.43. The summed E-state index contributed by atoms with van der Waals surface area (Å²) in [6.45, 7) is 7.49. The van der Waals surface area contributed by atoms with Gasteiger partial charge in [-0.15, -0.1) is 11.3 Å². The lowest BCUT2D eigenvalue weighted by atomic mass is 9.98. The smallest absolute Gasteiger partial charge is 0.291 e. The van der Waals surface area contributed by atoms with Crippen LogP contribution in [-0.2, 0) is 4.74 Å². The number of nitrogens with zero attached hydrogens (tertiary/aromatic N) is 1. The number of carbonyl (C=O) groups is 1. The number of nitrogens with one attached hydrogen (secondary N) is 2. The molecule has 4 rings (SSSR count). The molecule has 0 unspecified atom stereocenters. The first-order chi connectivity index (χ1) is 13.6. The molecule has 3 aromatic rings. The summed E-state index contributed by atoms with van der Waals surface area (Å²) in [5.74, 6) is 0.0759. The Kier molecular flexibility index (Phi) is 5.57. The quantitative estimate of drug-likeness (QED) is 0.693. The second-order valence-corrected chi connectivity index (χ2v) is 8.14. The molecule has 1 aliphatic rings. The van der Waals surface area contributed by atoms with Crippen molar-refractivity contribution in [3.63, 3.8) is 0 Å². The summed E-state index contributed by atoms with van der Waals surface area (Å²) in [4.78, 5) is 19.9. The molecule has 146 valence electrons. The fourth-order valence-electron chi connectivity index (χ4n) is 3.69. The summed E-state index contributed by atoms with van der Waals surface area (Å²) in [6.07, 6.45) is 3.34. The molecule has 0 radical (unpaired) electrons. The van der Waals surface area contributed by atoms with E-state index in [4.69, 9.17) is 9.15 Å². The average molecular weight is 399 g/mol. The summed E-state index contributed by atoms with van der Waals surface area (Å²) in [6, 6.07) is 9.45. The highest BCUT2D eigenvalue weighted by atomic mass is 32.1. The number of amides is 1. The van der Waals surface area contributed by atoms with Crippen molar-refractivity contribution >= 4 is 22.2 Å². The number of carbonyl (C=O) groups excluding carboxylic acids is 1. The van der Waals surface area contributed by atoms with E-state index in [1.165, 1.54) is 21.6 Å². The van der Waals surface area contributed by atoms with E-state index in [2.05, 4.69) is 30.2 Å². The fourth-order valence-corrected chi connectivity index (χ4v) is 4.78. The van der Waals surface area contributed by atoms with Gasteiger partial charge in [-0.2, -0.15) is 0 Å². The van der Waals surface area contributed by atoms with Gasteiger partial charge < -0.3 is 19.4 Å². The third kappa shape index (κ3) is 3.73. The van der Waals surface area contributed by atoms with Crippen LogP contribution in [0.1, 0.15) is 38.3 Å². The normalized spacial score (nSPS) is 16.1. The maximum absolute atomic E-state index is 12.6. The molecule has 1 saturated heterocycles. The Morgan fingerprint density at radius 1 is 1.21 bits per heavy atom. The molecular weight excluding hydrogens is 374 g/mol. The third-order valence-corrected chi connectivity index (χ3v) is 6.36. The second-order valence-electron chi connectivity index (χ2n) is 6.92. The van der Waals surface area contributed by atoms with Crippen LogP contribution in [0.5, 0.6) is 0 Å². The van der Waals surface area contributed by atoms with Crippen LogP contribution < -0.4 is 10.2 Å². The molecule has 0 bridgehead atoms. The number of aryl methyl sites for hydroxylation is 1. The lowest BCUT2D eigenvalue weighted by Gasteiger charge is -2.32. The predicted octanol–water partition coefficient (Wildman–Crippen LogP) is 2.61. The van der Waals surface area contributed by atoms with Crippen LogP contribution in [0.4, 0.5) is 5.00 Å².